The first-order chi connectivity index (χ1) is 6.91. The maximum atomic E-state index is 2.48. The monoisotopic (exact) mass is 218 g/mol. The van der Waals surface area contributed by atoms with Crippen LogP contribution in [-0.4, -0.2) is 8.07 Å². The molecule has 15 heavy (non-hydrogen) atoms. The summed E-state index contributed by atoms with van der Waals surface area (Å²) in [6, 6.07) is 12.5. The number of benzene rings is 1. The van der Waals surface area contributed by atoms with Crippen molar-refractivity contribution in [2.24, 2.45) is 5.41 Å². The van der Waals surface area contributed by atoms with Crippen molar-refractivity contribution in [1.29, 1.82) is 0 Å². The van der Waals surface area contributed by atoms with Crippen LogP contribution in [0.5, 0.6) is 0 Å². The van der Waals surface area contributed by atoms with Crippen molar-refractivity contribution >= 4 is 8.07 Å². The Balaban J connectivity index is 2.06. The Morgan fingerprint density at radius 2 is 1.80 bits per heavy atom. The van der Waals surface area contributed by atoms with E-state index in [0.29, 0.717) is 5.41 Å². The summed E-state index contributed by atoms with van der Waals surface area (Å²) in [4.78, 5) is 0. The van der Waals surface area contributed by atoms with Gasteiger partial charge in [0.1, 0.15) is 0 Å². The molecule has 1 aliphatic carbocycles. The molecule has 0 aromatic heterocycles. The first-order valence-corrected chi connectivity index (χ1v) is 9.66. The second-order valence-electron chi connectivity index (χ2n) is 6.56. The standard InChI is InChI=1S/C14H22Si/c1-14(11-15(2,3)4)10-13(14)12-8-6-5-7-9-12/h5-9,13H,10-11H2,1-4H3. The zero-order valence-electron chi connectivity index (χ0n) is 10.4. The average molecular weight is 218 g/mol. The highest BCUT2D eigenvalue weighted by Gasteiger charge is 2.52. The van der Waals surface area contributed by atoms with Crippen LogP contribution in [0, 0.1) is 5.41 Å². The Hall–Kier alpha value is -0.563. The topological polar surface area (TPSA) is 0 Å². The van der Waals surface area contributed by atoms with E-state index in [-0.39, 0.29) is 0 Å². The first-order valence-electron chi connectivity index (χ1n) is 5.96. The van der Waals surface area contributed by atoms with Gasteiger partial charge in [-0.2, -0.15) is 0 Å². The summed E-state index contributed by atoms with van der Waals surface area (Å²) in [6.07, 6.45) is 1.40. The van der Waals surface area contributed by atoms with Gasteiger partial charge in [0.05, 0.1) is 0 Å². The van der Waals surface area contributed by atoms with Crippen molar-refractivity contribution < 1.29 is 0 Å². The van der Waals surface area contributed by atoms with Gasteiger partial charge in [-0.3, -0.25) is 0 Å². The van der Waals surface area contributed by atoms with Crippen molar-refractivity contribution in [2.45, 2.75) is 44.9 Å². The fraction of sp³-hybridized carbons (Fsp3) is 0.571. The molecule has 1 aromatic rings. The quantitative estimate of drug-likeness (QED) is 0.654. The summed E-state index contributed by atoms with van der Waals surface area (Å²) in [5.41, 5.74) is 2.17. The van der Waals surface area contributed by atoms with Crippen LogP contribution in [-0.2, 0) is 0 Å². The summed E-state index contributed by atoms with van der Waals surface area (Å²) in [5.74, 6) is 0.838. The van der Waals surface area contributed by atoms with Crippen molar-refractivity contribution in [3.8, 4) is 0 Å². The van der Waals surface area contributed by atoms with E-state index < -0.39 is 8.07 Å². The Bertz CT molecular complexity index is 336. The van der Waals surface area contributed by atoms with Gasteiger partial charge in [0.2, 0.25) is 0 Å². The molecule has 1 aromatic carbocycles. The van der Waals surface area contributed by atoms with Gasteiger partial charge in [0.15, 0.2) is 0 Å². The maximum absolute atomic E-state index is 2.48. The average Bonchev–Trinajstić information content (AvgIpc) is 2.75. The van der Waals surface area contributed by atoms with E-state index in [1.165, 1.54) is 12.5 Å². The number of hydrogen-bond acceptors (Lipinski definition) is 0. The highest BCUT2D eigenvalue weighted by Crippen LogP contribution is 2.62. The summed E-state index contributed by atoms with van der Waals surface area (Å²) in [5, 5.41) is 0. The third-order valence-electron chi connectivity index (χ3n) is 3.49. The highest BCUT2D eigenvalue weighted by molar-refractivity contribution is 6.76. The summed E-state index contributed by atoms with van der Waals surface area (Å²) < 4.78 is 0. The van der Waals surface area contributed by atoms with E-state index in [2.05, 4.69) is 56.9 Å². The minimum absolute atomic E-state index is 0.617. The van der Waals surface area contributed by atoms with E-state index in [4.69, 9.17) is 0 Å². The molecule has 0 amide bonds. The van der Waals surface area contributed by atoms with Gasteiger partial charge in [0, 0.05) is 8.07 Å². The van der Waals surface area contributed by atoms with Gasteiger partial charge in [-0.05, 0) is 23.3 Å². The SMILES string of the molecule is CC1(C[Si](C)(C)C)CC1c1ccccc1. The Morgan fingerprint density at radius 3 is 2.33 bits per heavy atom. The van der Waals surface area contributed by atoms with Crippen LogP contribution in [0.2, 0.25) is 25.7 Å². The molecule has 0 spiro atoms. The molecule has 0 bridgehead atoms. The molecule has 1 aliphatic rings. The van der Waals surface area contributed by atoms with Gasteiger partial charge in [0.25, 0.3) is 0 Å². The lowest BCUT2D eigenvalue weighted by Gasteiger charge is -2.22. The van der Waals surface area contributed by atoms with E-state index in [1.807, 2.05) is 0 Å². The van der Waals surface area contributed by atoms with Gasteiger partial charge >= 0.3 is 0 Å². The molecule has 82 valence electrons. The van der Waals surface area contributed by atoms with Crippen LogP contribution in [0.15, 0.2) is 30.3 Å². The lowest BCUT2D eigenvalue weighted by atomic mass is 10.0. The second kappa shape index (κ2) is 3.48. The van der Waals surface area contributed by atoms with Crippen molar-refractivity contribution in [3.05, 3.63) is 35.9 Å². The fourth-order valence-electron chi connectivity index (χ4n) is 3.02. The van der Waals surface area contributed by atoms with Crippen LogP contribution in [0.3, 0.4) is 0 Å². The van der Waals surface area contributed by atoms with E-state index in [9.17, 15) is 0 Å². The van der Waals surface area contributed by atoms with Crippen molar-refractivity contribution in [1.82, 2.24) is 0 Å². The summed E-state index contributed by atoms with van der Waals surface area (Å²) in [6.45, 7) is 9.93. The largest absolute Gasteiger partial charge is 0.0695 e. The van der Waals surface area contributed by atoms with Crippen molar-refractivity contribution in [2.75, 3.05) is 0 Å². The molecule has 0 nitrogen and oxygen atoms in total. The lowest BCUT2D eigenvalue weighted by Crippen LogP contribution is -2.24. The molecule has 0 radical (unpaired) electrons. The Labute approximate surface area is 94.7 Å². The third kappa shape index (κ3) is 2.51. The number of rotatable bonds is 3. The molecular weight excluding hydrogens is 196 g/mol. The Morgan fingerprint density at radius 1 is 1.20 bits per heavy atom. The summed E-state index contributed by atoms with van der Waals surface area (Å²) in [7, 11) is -0.905. The molecule has 1 heteroatoms. The highest BCUT2D eigenvalue weighted by atomic mass is 28.3. The van der Waals surface area contributed by atoms with E-state index >= 15 is 0 Å². The number of hydrogen-bond donors (Lipinski definition) is 0. The smallest absolute Gasteiger partial charge is 0.0448 e. The molecule has 2 atom stereocenters. The van der Waals surface area contributed by atoms with Gasteiger partial charge in [-0.25, -0.2) is 0 Å². The molecule has 0 aliphatic heterocycles. The zero-order chi connectivity index (χ0) is 11.1. The molecule has 2 rings (SSSR count). The molecule has 0 heterocycles. The minimum Gasteiger partial charge on any atom is -0.0695 e. The minimum atomic E-state index is -0.905. The molecule has 2 unspecified atom stereocenters. The molecule has 1 saturated carbocycles. The predicted octanol–water partition coefficient (Wildman–Crippen LogP) is 4.52. The van der Waals surface area contributed by atoms with Crippen LogP contribution in [0.1, 0.15) is 24.8 Å². The van der Waals surface area contributed by atoms with Crippen LogP contribution in [0.4, 0.5) is 0 Å². The van der Waals surface area contributed by atoms with Crippen LogP contribution < -0.4 is 0 Å². The molecule has 0 N–H and O–H groups in total. The summed E-state index contributed by atoms with van der Waals surface area (Å²) >= 11 is 0. The van der Waals surface area contributed by atoms with E-state index in [0.717, 1.165) is 5.92 Å². The van der Waals surface area contributed by atoms with Crippen LogP contribution in [0.25, 0.3) is 0 Å². The third-order valence-corrected chi connectivity index (χ3v) is 5.36. The van der Waals surface area contributed by atoms with Gasteiger partial charge < -0.3 is 0 Å². The zero-order valence-corrected chi connectivity index (χ0v) is 11.4. The van der Waals surface area contributed by atoms with Gasteiger partial charge in [-0.15, -0.1) is 0 Å². The molecular formula is C14H22Si. The Kier molecular flexibility index (Phi) is 2.54. The van der Waals surface area contributed by atoms with Crippen molar-refractivity contribution in [3.63, 3.8) is 0 Å². The van der Waals surface area contributed by atoms with Crippen LogP contribution >= 0.6 is 0 Å². The fourth-order valence-corrected chi connectivity index (χ4v) is 5.83. The first kappa shape index (κ1) is 10.9. The maximum Gasteiger partial charge on any atom is 0.0448 e. The normalized spacial score (nSPS) is 30.3. The molecule has 0 saturated heterocycles. The second-order valence-corrected chi connectivity index (χ2v) is 12.0. The van der Waals surface area contributed by atoms with E-state index in [1.54, 1.807) is 5.56 Å². The molecule has 1 fully saturated rings. The van der Waals surface area contributed by atoms with Gasteiger partial charge in [-0.1, -0.05) is 62.9 Å². The lowest BCUT2D eigenvalue weighted by molar-refractivity contribution is 0.609. The predicted molar refractivity (Wildman–Crippen MR) is 70.1 cm³/mol.